The third kappa shape index (κ3) is 5.31. The number of hydrogen-bond donors (Lipinski definition) is 1. The van der Waals surface area contributed by atoms with Crippen molar-refractivity contribution in [2.75, 3.05) is 0 Å². The molecule has 2 N–H and O–H groups in total. The van der Waals surface area contributed by atoms with E-state index < -0.39 is 0 Å². The summed E-state index contributed by atoms with van der Waals surface area (Å²) in [5.74, 6) is 0.489. The second-order valence-electron chi connectivity index (χ2n) is 4.51. The largest absolute Gasteiger partial charge is 0.321 e. The smallest absolute Gasteiger partial charge is 0.155 e. The molecule has 0 aliphatic heterocycles. The van der Waals surface area contributed by atoms with E-state index in [0.29, 0.717) is 5.92 Å². The van der Waals surface area contributed by atoms with Gasteiger partial charge in [-0.05, 0) is 12.3 Å². The van der Waals surface area contributed by atoms with Gasteiger partial charge in [-0.2, -0.15) is 0 Å². The summed E-state index contributed by atoms with van der Waals surface area (Å²) in [7, 11) is 0. The van der Waals surface area contributed by atoms with Crippen LogP contribution in [0.15, 0.2) is 0 Å². The maximum absolute atomic E-state index is 11.9. The Kier molecular flexibility index (Phi) is 8.93. The van der Waals surface area contributed by atoms with Crippen LogP contribution < -0.4 is 5.73 Å². The summed E-state index contributed by atoms with van der Waals surface area (Å²) >= 11 is 0. The number of carbonyl (C=O) groups is 1. The molecule has 0 aromatic rings. The predicted molar refractivity (Wildman–Crippen MR) is 67.9 cm³/mol. The maximum Gasteiger partial charge on any atom is 0.155 e. The number of nitrogens with two attached hydrogens (primary N) is 1. The minimum absolute atomic E-state index is 0.198. The Hall–Kier alpha value is -0.370. The Morgan fingerprint density at radius 1 is 1.27 bits per heavy atom. The lowest BCUT2D eigenvalue weighted by molar-refractivity contribution is -0.129. The van der Waals surface area contributed by atoms with Crippen LogP contribution in [0.5, 0.6) is 0 Å². The molecule has 0 aliphatic rings. The quantitative estimate of drug-likeness (QED) is 0.764. The SMILES string of the molecule is CC.CCC(C)C(N)C(=O)C(C)(C)CC. The van der Waals surface area contributed by atoms with Crippen LogP contribution in [0, 0.1) is 11.3 Å². The highest BCUT2D eigenvalue weighted by molar-refractivity contribution is 5.89. The van der Waals surface area contributed by atoms with Gasteiger partial charge < -0.3 is 5.73 Å². The van der Waals surface area contributed by atoms with Gasteiger partial charge >= 0.3 is 0 Å². The van der Waals surface area contributed by atoms with E-state index >= 15 is 0 Å². The molecule has 0 rings (SSSR count). The highest BCUT2D eigenvalue weighted by Crippen LogP contribution is 2.24. The summed E-state index contributed by atoms with van der Waals surface area (Å²) in [5, 5.41) is 0. The van der Waals surface area contributed by atoms with Crippen molar-refractivity contribution in [2.45, 2.75) is 67.3 Å². The molecule has 2 heteroatoms. The van der Waals surface area contributed by atoms with E-state index in [1.165, 1.54) is 0 Å². The van der Waals surface area contributed by atoms with Crippen molar-refractivity contribution >= 4 is 5.78 Å². The van der Waals surface area contributed by atoms with Crippen molar-refractivity contribution in [3.63, 3.8) is 0 Å². The number of Topliss-reactive ketones (excluding diaryl/α,β-unsaturated/α-hetero) is 1. The van der Waals surface area contributed by atoms with Gasteiger partial charge in [0.15, 0.2) is 5.78 Å². The van der Waals surface area contributed by atoms with Crippen LogP contribution in [-0.2, 0) is 4.79 Å². The van der Waals surface area contributed by atoms with Crippen LogP contribution in [0.3, 0.4) is 0 Å². The zero-order valence-corrected chi connectivity index (χ0v) is 11.6. The standard InChI is InChI=1S/C11H23NO.C2H6/c1-6-8(3)9(12)10(13)11(4,5)7-2;1-2/h8-9H,6-7,12H2,1-5H3;1-2H3. The van der Waals surface area contributed by atoms with Gasteiger partial charge in [0, 0.05) is 5.41 Å². The predicted octanol–water partition coefficient (Wildman–Crippen LogP) is 3.39. The Balaban J connectivity index is 0. The lowest BCUT2D eigenvalue weighted by Gasteiger charge is -2.27. The van der Waals surface area contributed by atoms with Gasteiger partial charge in [-0.1, -0.05) is 54.9 Å². The fourth-order valence-electron chi connectivity index (χ4n) is 1.14. The normalized spacial score (nSPS) is 14.9. The van der Waals surface area contributed by atoms with Crippen molar-refractivity contribution in [2.24, 2.45) is 17.1 Å². The molecule has 0 aromatic carbocycles. The van der Waals surface area contributed by atoms with E-state index in [1.54, 1.807) is 0 Å². The summed E-state index contributed by atoms with van der Waals surface area (Å²) in [6.07, 6.45) is 1.82. The van der Waals surface area contributed by atoms with Gasteiger partial charge in [0.2, 0.25) is 0 Å². The van der Waals surface area contributed by atoms with Crippen LogP contribution in [0.25, 0.3) is 0 Å². The van der Waals surface area contributed by atoms with Crippen molar-refractivity contribution in [1.29, 1.82) is 0 Å². The Morgan fingerprint density at radius 2 is 1.67 bits per heavy atom. The lowest BCUT2D eigenvalue weighted by Crippen LogP contribution is -2.44. The topological polar surface area (TPSA) is 43.1 Å². The zero-order valence-electron chi connectivity index (χ0n) is 11.6. The van der Waals surface area contributed by atoms with Crippen LogP contribution in [0.1, 0.15) is 61.3 Å². The van der Waals surface area contributed by atoms with Crippen molar-refractivity contribution in [3.8, 4) is 0 Å². The number of rotatable bonds is 5. The highest BCUT2D eigenvalue weighted by atomic mass is 16.1. The van der Waals surface area contributed by atoms with Gasteiger partial charge in [0.25, 0.3) is 0 Å². The average Bonchev–Trinajstić information content (AvgIpc) is 2.28. The monoisotopic (exact) mass is 215 g/mol. The second-order valence-corrected chi connectivity index (χ2v) is 4.51. The van der Waals surface area contributed by atoms with Crippen LogP contribution in [0.4, 0.5) is 0 Å². The fraction of sp³-hybridized carbons (Fsp3) is 0.923. The molecule has 0 heterocycles. The molecule has 2 atom stereocenters. The molecule has 0 saturated carbocycles. The lowest BCUT2D eigenvalue weighted by atomic mass is 9.78. The molecule has 0 amide bonds. The summed E-state index contributed by atoms with van der Waals surface area (Å²) in [6, 6.07) is -0.292. The first-order valence-corrected chi connectivity index (χ1v) is 6.16. The van der Waals surface area contributed by atoms with Gasteiger partial charge in [-0.3, -0.25) is 4.79 Å². The van der Waals surface area contributed by atoms with E-state index in [0.717, 1.165) is 12.8 Å². The molecule has 92 valence electrons. The molecule has 0 saturated heterocycles. The van der Waals surface area contributed by atoms with Crippen molar-refractivity contribution in [1.82, 2.24) is 0 Å². The maximum atomic E-state index is 11.9. The van der Waals surface area contributed by atoms with Gasteiger partial charge in [0.05, 0.1) is 6.04 Å². The third-order valence-electron chi connectivity index (χ3n) is 3.11. The summed E-state index contributed by atoms with van der Waals surface area (Å²) in [4.78, 5) is 11.9. The van der Waals surface area contributed by atoms with Crippen molar-refractivity contribution < 1.29 is 4.79 Å². The molecule has 0 bridgehead atoms. The van der Waals surface area contributed by atoms with Crippen LogP contribution in [0.2, 0.25) is 0 Å². The molecule has 15 heavy (non-hydrogen) atoms. The van der Waals surface area contributed by atoms with Crippen LogP contribution in [-0.4, -0.2) is 11.8 Å². The zero-order chi connectivity index (χ0) is 12.6. The first-order chi connectivity index (χ1) is 6.86. The molecule has 0 aromatic heterocycles. The third-order valence-corrected chi connectivity index (χ3v) is 3.11. The Labute approximate surface area is 95.6 Å². The van der Waals surface area contributed by atoms with E-state index in [4.69, 9.17) is 5.73 Å². The minimum Gasteiger partial charge on any atom is -0.321 e. The molecule has 2 unspecified atom stereocenters. The van der Waals surface area contributed by atoms with E-state index in [2.05, 4.69) is 6.92 Å². The van der Waals surface area contributed by atoms with Gasteiger partial charge in [-0.15, -0.1) is 0 Å². The molecule has 0 spiro atoms. The molecule has 0 aliphatic carbocycles. The van der Waals surface area contributed by atoms with E-state index in [1.807, 2.05) is 41.5 Å². The molecule has 0 radical (unpaired) electrons. The summed E-state index contributed by atoms with van der Waals surface area (Å²) in [6.45, 7) is 14.1. The Morgan fingerprint density at radius 3 is 1.93 bits per heavy atom. The average molecular weight is 215 g/mol. The van der Waals surface area contributed by atoms with E-state index in [-0.39, 0.29) is 17.2 Å². The fourth-order valence-corrected chi connectivity index (χ4v) is 1.14. The molecular formula is C13H29NO. The Bertz CT molecular complexity index is 175. The molecule has 0 fully saturated rings. The number of carbonyl (C=O) groups excluding carboxylic acids is 1. The second kappa shape index (κ2) is 7.86. The van der Waals surface area contributed by atoms with Crippen LogP contribution >= 0.6 is 0 Å². The van der Waals surface area contributed by atoms with E-state index in [9.17, 15) is 4.79 Å². The highest BCUT2D eigenvalue weighted by Gasteiger charge is 2.32. The first-order valence-electron chi connectivity index (χ1n) is 6.16. The summed E-state index contributed by atoms with van der Waals surface area (Å²) < 4.78 is 0. The van der Waals surface area contributed by atoms with Gasteiger partial charge in [-0.25, -0.2) is 0 Å². The molecule has 2 nitrogen and oxygen atoms in total. The molecular weight excluding hydrogens is 186 g/mol. The van der Waals surface area contributed by atoms with Gasteiger partial charge in [0.1, 0.15) is 0 Å². The number of ketones is 1. The number of hydrogen-bond acceptors (Lipinski definition) is 2. The van der Waals surface area contributed by atoms with Crippen molar-refractivity contribution in [3.05, 3.63) is 0 Å². The summed E-state index contributed by atoms with van der Waals surface area (Å²) in [5.41, 5.74) is 5.62. The minimum atomic E-state index is -0.292. The first kappa shape index (κ1) is 17.0.